The second-order valence-corrected chi connectivity index (χ2v) is 4.46. The van der Waals surface area contributed by atoms with Gasteiger partial charge in [0.25, 0.3) is 5.91 Å². The van der Waals surface area contributed by atoms with E-state index in [9.17, 15) is 4.79 Å². The van der Waals surface area contributed by atoms with Gasteiger partial charge in [-0.25, -0.2) is 4.98 Å². The average molecular weight is 250 g/mol. The van der Waals surface area contributed by atoms with Gasteiger partial charge in [-0.05, 0) is 31.0 Å². The second-order valence-electron chi connectivity index (χ2n) is 4.46. The van der Waals surface area contributed by atoms with E-state index in [1.165, 1.54) is 0 Å². The Labute approximate surface area is 106 Å². The van der Waals surface area contributed by atoms with Crippen molar-refractivity contribution in [2.24, 2.45) is 5.92 Å². The van der Waals surface area contributed by atoms with E-state index in [1.54, 1.807) is 12.3 Å². The lowest BCUT2D eigenvalue weighted by Gasteiger charge is -2.15. The van der Waals surface area contributed by atoms with Gasteiger partial charge in [-0.1, -0.05) is 6.07 Å². The van der Waals surface area contributed by atoms with E-state index < -0.39 is 0 Å². The summed E-state index contributed by atoms with van der Waals surface area (Å²) in [6.07, 6.45) is 2.61. The van der Waals surface area contributed by atoms with E-state index in [-0.39, 0.29) is 12.5 Å². The number of anilines is 1. The number of amides is 1. The van der Waals surface area contributed by atoms with Crippen molar-refractivity contribution in [1.29, 1.82) is 0 Å². The molecule has 1 aromatic rings. The highest BCUT2D eigenvalue weighted by molar-refractivity contribution is 5.79. The molecule has 18 heavy (non-hydrogen) atoms. The van der Waals surface area contributed by atoms with Gasteiger partial charge in [0.2, 0.25) is 0 Å². The third-order valence-corrected chi connectivity index (χ3v) is 2.99. The standard InChI is InChI=1S/C12H18N4O2/c17-9-10-4-6-16(7-10)8-12(18)15-14-11-3-1-2-5-13-11/h1-3,5,10,17H,4,6-9H2,(H,13,14)(H,15,18). The van der Waals surface area contributed by atoms with Crippen molar-refractivity contribution in [2.75, 3.05) is 31.7 Å². The molecule has 0 spiro atoms. The SMILES string of the molecule is O=C(CN1CCC(CO)C1)NNc1ccccn1. The monoisotopic (exact) mass is 250 g/mol. The third kappa shape index (κ3) is 3.68. The number of likely N-dealkylation sites (tertiary alicyclic amines) is 1. The van der Waals surface area contributed by atoms with Gasteiger partial charge in [0.05, 0.1) is 6.54 Å². The summed E-state index contributed by atoms with van der Waals surface area (Å²) in [5.74, 6) is 0.821. The van der Waals surface area contributed by atoms with Crippen LogP contribution >= 0.6 is 0 Å². The first kappa shape index (κ1) is 12.8. The maximum atomic E-state index is 11.7. The number of hydrogen-bond acceptors (Lipinski definition) is 5. The molecule has 98 valence electrons. The van der Waals surface area contributed by atoms with E-state index in [2.05, 4.69) is 15.8 Å². The molecule has 1 atom stereocenters. The number of aliphatic hydroxyl groups excluding tert-OH is 1. The summed E-state index contributed by atoms with van der Waals surface area (Å²) in [6, 6.07) is 5.43. The number of carbonyl (C=O) groups excluding carboxylic acids is 1. The van der Waals surface area contributed by atoms with Crippen LogP contribution in [0.3, 0.4) is 0 Å². The summed E-state index contributed by atoms with van der Waals surface area (Å²) in [5.41, 5.74) is 5.36. The molecule has 0 bridgehead atoms. The quantitative estimate of drug-likeness (QED) is 0.633. The van der Waals surface area contributed by atoms with Crippen LogP contribution in [-0.2, 0) is 4.79 Å². The minimum absolute atomic E-state index is 0.0979. The van der Waals surface area contributed by atoms with Crippen LogP contribution in [0.1, 0.15) is 6.42 Å². The van der Waals surface area contributed by atoms with Crippen LogP contribution in [0.5, 0.6) is 0 Å². The van der Waals surface area contributed by atoms with Gasteiger partial charge in [0.15, 0.2) is 0 Å². The largest absolute Gasteiger partial charge is 0.396 e. The first-order valence-electron chi connectivity index (χ1n) is 6.07. The molecule has 2 rings (SSSR count). The van der Waals surface area contributed by atoms with Crippen molar-refractivity contribution in [2.45, 2.75) is 6.42 Å². The van der Waals surface area contributed by atoms with E-state index in [1.807, 2.05) is 17.0 Å². The highest BCUT2D eigenvalue weighted by Gasteiger charge is 2.23. The number of nitrogens with one attached hydrogen (secondary N) is 2. The van der Waals surface area contributed by atoms with Crippen molar-refractivity contribution in [3.05, 3.63) is 24.4 Å². The van der Waals surface area contributed by atoms with Gasteiger partial charge >= 0.3 is 0 Å². The molecule has 1 fully saturated rings. The fraction of sp³-hybridized carbons (Fsp3) is 0.500. The normalized spacial score (nSPS) is 19.7. The van der Waals surface area contributed by atoms with Gasteiger partial charge in [0, 0.05) is 19.3 Å². The van der Waals surface area contributed by atoms with E-state index in [0.29, 0.717) is 18.3 Å². The summed E-state index contributed by atoms with van der Waals surface area (Å²) < 4.78 is 0. The lowest BCUT2D eigenvalue weighted by atomic mass is 10.1. The molecule has 0 radical (unpaired) electrons. The van der Waals surface area contributed by atoms with E-state index in [4.69, 9.17) is 5.11 Å². The molecule has 1 unspecified atom stereocenters. The number of hydrazine groups is 1. The minimum Gasteiger partial charge on any atom is -0.396 e. The molecule has 1 aliphatic rings. The Morgan fingerprint density at radius 2 is 2.44 bits per heavy atom. The van der Waals surface area contributed by atoms with E-state index in [0.717, 1.165) is 19.5 Å². The minimum atomic E-state index is -0.0979. The number of pyridine rings is 1. The van der Waals surface area contributed by atoms with Crippen molar-refractivity contribution in [3.63, 3.8) is 0 Å². The van der Waals surface area contributed by atoms with Crippen molar-refractivity contribution >= 4 is 11.7 Å². The molecule has 1 amide bonds. The summed E-state index contributed by atoms with van der Waals surface area (Å²) in [7, 11) is 0. The molecule has 1 saturated heterocycles. The molecular weight excluding hydrogens is 232 g/mol. The summed E-state index contributed by atoms with van der Waals surface area (Å²) in [6.45, 7) is 2.19. The Morgan fingerprint density at radius 3 is 3.11 bits per heavy atom. The third-order valence-electron chi connectivity index (χ3n) is 2.99. The van der Waals surface area contributed by atoms with Crippen LogP contribution in [0.25, 0.3) is 0 Å². The molecule has 0 aromatic carbocycles. The Bertz CT molecular complexity index is 385. The zero-order valence-electron chi connectivity index (χ0n) is 10.2. The van der Waals surface area contributed by atoms with Gasteiger partial charge < -0.3 is 5.11 Å². The van der Waals surface area contributed by atoms with Gasteiger partial charge in [-0.15, -0.1) is 0 Å². The maximum absolute atomic E-state index is 11.7. The Hall–Kier alpha value is -1.66. The second kappa shape index (κ2) is 6.32. The van der Waals surface area contributed by atoms with Crippen molar-refractivity contribution in [3.8, 4) is 0 Å². The number of rotatable bonds is 5. The summed E-state index contributed by atoms with van der Waals surface area (Å²) in [4.78, 5) is 17.7. The first-order valence-corrected chi connectivity index (χ1v) is 6.07. The number of carbonyl (C=O) groups is 1. The van der Waals surface area contributed by atoms with E-state index >= 15 is 0 Å². The Morgan fingerprint density at radius 1 is 1.56 bits per heavy atom. The van der Waals surface area contributed by atoms with Crippen LogP contribution in [0.4, 0.5) is 5.82 Å². The molecule has 1 aliphatic heterocycles. The first-order chi connectivity index (χ1) is 8.78. The highest BCUT2D eigenvalue weighted by Crippen LogP contribution is 2.14. The van der Waals surface area contributed by atoms with Crippen molar-refractivity contribution < 1.29 is 9.90 Å². The predicted octanol–water partition coefficient (Wildman–Crippen LogP) is -0.161. The fourth-order valence-corrected chi connectivity index (χ4v) is 2.02. The van der Waals surface area contributed by atoms with Crippen LogP contribution in [0.2, 0.25) is 0 Å². The van der Waals surface area contributed by atoms with Gasteiger partial charge in [-0.3, -0.25) is 20.5 Å². The number of nitrogens with zero attached hydrogens (tertiary/aromatic N) is 2. The highest BCUT2D eigenvalue weighted by atomic mass is 16.3. The van der Waals surface area contributed by atoms with Crippen LogP contribution in [0, 0.1) is 5.92 Å². The molecule has 0 saturated carbocycles. The Balaban J connectivity index is 1.70. The number of hydrogen-bond donors (Lipinski definition) is 3. The van der Waals surface area contributed by atoms with Crippen LogP contribution in [0.15, 0.2) is 24.4 Å². The smallest absolute Gasteiger partial charge is 0.252 e. The lowest BCUT2D eigenvalue weighted by Crippen LogP contribution is -2.39. The zero-order valence-corrected chi connectivity index (χ0v) is 10.2. The molecule has 6 nitrogen and oxygen atoms in total. The molecule has 6 heteroatoms. The predicted molar refractivity (Wildman–Crippen MR) is 67.6 cm³/mol. The van der Waals surface area contributed by atoms with Gasteiger partial charge in [0.1, 0.15) is 5.82 Å². The number of aliphatic hydroxyl groups is 1. The molecule has 0 aliphatic carbocycles. The fourth-order valence-electron chi connectivity index (χ4n) is 2.02. The zero-order chi connectivity index (χ0) is 12.8. The maximum Gasteiger partial charge on any atom is 0.252 e. The topological polar surface area (TPSA) is 77.5 Å². The molecular formula is C12H18N4O2. The summed E-state index contributed by atoms with van der Waals surface area (Å²) >= 11 is 0. The average Bonchev–Trinajstić information content (AvgIpc) is 2.85. The molecule has 2 heterocycles. The van der Waals surface area contributed by atoms with Gasteiger partial charge in [-0.2, -0.15) is 0 Å². The van der Waals surface area contributed by atoms with Crippen molar-refractivity contribution in [1.82, 2.24) is 15.3 Å². The van der Waals surface area contributed by atoms with Crippen LogP contribution in [-0.4, -0.2) is 47.1 Å². The number of aromatic nitrogens is 1. The molecule has 1 aromatic heterocycles. The molecule has 3 N–H and O–H groups in total. The lowest BCUT2D eigenvalue weighted by molar-refractivity contribution is -0.121. The van der Waals surface area contributed by atoms with Crippen LogP contribution < -0.4 is 10.9 Å². The summed E-state index contributed by atoms with van der Waals surface area (Å²) in [5, 5.41) is 9.02. The Kier molecular flexibility index (Phi) is 4.49.